The summed E-state index contributed by atoms with van der Waals surface area (Å²) in [4.78, 5) is 26.3. The van der Waals surface area contributed by atoms with Gasteiger partial charge in [0.25, 0.3) is 11.5 Å². The number of fused-ring (bicyclic) bond motifs is 1. The minimum atomic E-state index is -0.376. The summed E-state index contributed by atoms with van der Waals surface area (Å²) in [7, 11) is 0. The largest absolute Gasteiger partial charge is 0.347 e. The third-order valence-electron chi connectivity index (χ3n) is 4.46. The van der Waals surface area contributed by atoms with Gasteiger partial charge in [-0.2, -0.15) is 4.57 Å². The number of nitrogens with zero attached hydrogens (tertiary/aromatic N) is 1. The van der Waals surface area contributed by atoms with E-state index in [1.807, 2.05) is 19.1 Å². The fourth-order valence-electron chi connectivity index (χ4n) is 3.05. The summed E-state index contributed by atoms with van der Waals surface area (Å²) < 4.78 is 14.8. The van der Waals surface area contributed by atoms with Gasteiger partial charge in [0.15, 0.2) is 18.1 Å². The summed E-state index contributed by atoms with van der Waals surface area (Å²) in [5.74, 6) is -0.902. The molecule has 4 rings (SSSR count). The lowest BCUT2D eigenvalue weighted by molar-refractivity contribution is -0.577. The standard InChI is InChI=1S/C22H15FN2O2/c1-14-10-12-25(13-11-14)20-19(24-16-8-6-15(23)7-9-16)21(26)17-4-2-3-5-18(17)22(20)27/h2-13H,1H3/p+1. The molecule has 27 heavy (non-hydrogen) atoms. The normalized spacial score (nSPS) is 13.6. The predicted molar refractivity (Wildman–Crippen MR) is 99.7 cm³/mol. The highest BCUT2D eigenvalue weighted by Gasteiger charge is 2.38. The van der Waals surface area contributed by atoms with Crippen molar-refractivity contribution in [3.05, 3.63) is 101 Å². The number of rotatable bonds is 3. The summed E-state index contributed by atoms with van der Waals surface area (Å²) in [6.07, 6.45) is 3.49. The number of allylic oxidation sites excluding steroid dienone is 2. The van der Waals surface area contributed by atoms with E-state index in [4.69, 9.17) is 0 Å². The molecular weight excluding hydrogens is 343 g/mol. The highest BCUT2D eigenvalue weighted by molar-refractivity contribution is 6.36. The first-order valence-corrected chi connectivity index (χ1v) is 8.48. The molecule has 4 nitrogen and oxygen atoms in total. The zero-order valence-corrected chi connectivity index (χ0v) is 14.6. The van der Waals surface area contributed by atoms with Crippen molar-refractivity contribution in [2.75, 3.05) is 5.32 Å². The molecule has 0 atom stereocenters. The van der Waals surface area contributed by atoms with E-state index in [2.05, 4.69) is 5.32 Å². The SMILES string of the molecule is Cc1cc[n+](C2=C(Nc3ccc(F)cc3)C(=O)c3ccccc3C2=O)cc1. The van der Waals surface area contributed by atoms with Gasteiger partial charge in [0.05, 0.1) is 0 Å². The zero-order valence-electron chi connectivity index (χ0n) is 14.6. The maximum absolute atomic E-state index is 13.2. The number of carbonyl (C=O) groups is 2. The molecule has 2 aromatic carbocycles. The topological polar surface area (TPSA) is 50.1 Å². The Balaban J connectivity index is 1.90. The molecule has 0 unspecified atom stereocenters. The van der Waals surface area contributed by atoms with Crippen molar-refractivity contribution in [3.63, 3.8) is 0 Å². The lowest BCUT2D eigenvalue weighted by Gasteiger charge is -2.18. The first-order chi connectivity index (χ1) is 13.0. The Hall–Kier alpha value is -3.60. The fourth-order valence-corrected chi connectivity index (χ4v) is 3.05. The molecule has 3 aromatic rings. The van der Waals surface area contributed by atoms with Crippen LogP contribution in [0.25, 0.3) is 5.70 Å². The van der Waals surface area contributed by atoms with E-state index >= 15 is 0 Å². The molecule has 132 valence electrons. The number of halogens is 1. The fraction of sp³-hybridized carbons (Fsp3) is 0.0455. The number of carbonyl (C=O) groups excluding carboxylic acids is 2. The van der Waals surface area contributed by atoms with Crippen molar-refractivity contribution >= 4 is 23.0 Å². The number of ketones is 2. The first kappa shape index (κ1) is 16.8. The number of aromatic nitrogens is 1. The van der Waals surface area contributed by atoms with Crippen LogP contribution in [0.5, 0.6) is 0 Å². The molecule has 1 N–H and O–H groups in total. The van der Waals surface area contributed by atoms with Gasteiger partial charge >= 0.3 is 0 Å². The molecule has 0 radical (unpaired) electrons. The van der Waals surface area contributed by atoms with Crippen LogP contribution in [0.15, 0.2) is 78.8 Å². The van der Waals surface area contributed by atoms with Gasteiger partial charge in [-0.1, -0.05) is 24.3 Å². The van der Waals surface area contributed by atoms with Gasteiger partial charge in [0, 0.05) is 28.9 Å². The van der Waals surface area contributed by atoms with Crippen molar-refractivity contribution < 1.29 is 18.5 Å². The summed E-state index contributed by atoms with van der Waals surface area (Å²) in [6.45, 7) is 1.94. The average Bonchev–Trinajstić information content (AvgIpc) is 2.69. The second-order valence-electron chi connectivity index (χ2n) is 6.34. The number of anilines is 1. The first-order valence-electron chi connectivity index (χ1n) is 8.48. The van der Waals surface area contributed by atoms with Crippen LogP contribution in [-0.4, -0.2) is 11.6 Å². The second kappa shape index (κ2) is 6.61. The number of nitrogens with one attached hydrogen (secondary N) is 1. The minimum absolute atomic E-state index is 0.166. The molecule has 0 bridgehead atoms. The molecule has 0 amide bonds. The number of aryl methyl sites for hydroxylation is 1. The van der Waals surface area contributed by atoms with Crippen molar-refractivity contribution in [2.24, 2.45) is 0 Å². The van der Waals surface area contributed by atoms with Gasteiger partial charge in [-0.05, 0) is 36.8 Å². The Morgan fingerprint density at radius 1 is 0.815 bits per heavy atom. The highest BCUT2D eigenvalue weighted by Crippen LogP contribution is 2.27. The van der Waals surface area contributed by atoms with Gasteiger partial charge in [-0.3, -0.25) is 9.59 Å². The summed E-state index contributed by atoms with van der Waals surface area (Å²) in [5.41, 5.74) is 2.69. The van der Waals surface area contributed by atoms with E-state index in [-0.39, 0.29) is 28.8 Å². The van der Waals surface area contributed by atoms with Crippen LogP contribution < -0.4 is 9.88 Å². The van der Waals surface area contributed by atoms with E-state index in [1.54, 1.807) is 41.2 Å². The van der Waals surface area contributed by atoms with Crippen molar-refractivity contribution in [2.45, 2.75) is 6.92 Å². The van der Waals surface area contributed by atoms with E-state index in [0.29, 0.717) is 16.8 Å². The van der Waals surface area contributed by atoms with Gasteiger partial charge in [-0.25, -0.2) is 4.39 Å². The minimum Gasteiger partial charge on any atom is -0.347 e. The lowest BCUT2D eigenvalue weighted by atomic mass is 9.90. The Labute approximate surface area is 155 Å². The number of Topliss-reactive ketones (excluding diaryl/α,β-unsaturated/α-hetero) is 2. The Morgan fingerprint density at radius 2 is 1.41 bits per heavy atom. The van der Waals surface area contributed by atoms with Crippen LogP contribution in [0.2, 0.25) is 0 Å². The Morgan fingerprint density at radius 3 is 2.04 bits per heavy atom. The highest BCUT2D eigenvalue weighted by atomic mass is 19.1. The summed E-state index contributed by atoms with van der Waals surface area (Å²) >= 11 is 0. The maximum Gasteiger partial charge on any atom is 0.286 e. The van der Waals surface area contributed by atoms with Crippen molar-refractivity contribution in [1.29, 1.82) is 0 Å². The smallest absolute Gasteiger partial charge is 0.286 e. The average molecular weight is 359 g/mol. The van der Waals surface area contributed by atoms with Crippen LogP contribution >= 0.6 is 0 Å². The molecule has 0 saturated heterocycles. The van der Waals surface area contributed by atoms with Crippen LogP contribution in [-0.2, 0) is 0 Å². The Bertz CT molecular complexity index is 1080. The predicted octanol–water partition coefficient (Wildman–Crippen LogP) is 3.78. The molecular formula is C22H16FN2O2+. The summed E-state index contributed by atoms with van der Waals surface area (Å²) in [6, 6.07) is 16.1. The van der Waals surface area contributed by atoms with E-state index in [9.17, 15) is 14.0 Å². The van der Waals surface area contributed by atoms with Crippen LogP contribution in [0, 0.1) is 12.7 Å². The maximum atomic E-state index is 13.2. The van der Waals surface area contributed by atoms with Crippen LogP contribution in [0.1, 0.15) is 26.3 Å². The van der Waals surface area contributed by atoms with Gasteiger partial charge in [-0.15, -0.1) is 0 Å². The molecule has 0 saturated carbocycles. The van der Waals surface area contributed by atoms with Gasteiger partial charge in [0.1, 0.15) is 5.82 Å². The molecule has 0 spiro atoms. The quantitative estimate of drug-likeness (QED) is 0.724. The molecule has 0 aliphatic heterocycles. The van der Waals surface area contributed by atoms with E-state index in [0.717, 1.165) is 5.56 Å². The number of benzene rings is 2. The van der Waals surface area contributed by atoms with Gasteiger partial charge < -0.3 is 5.32 Å². The third kappa shape index (κ3) is 3.04. The van der Waals surface area contributed by atoms with Gasteiger partial charge in [0.2, 0.25) is 5.78 Å². The number of pyridine rings is 1. The van der Waals surface area contributed by atoms with E-state index < -0.39 is 0 Å². The monoisotopic (exact) mass is 359 g/mol. The third-order valence-corrected chi connectivity index (χ3v) is 4.46. The molecule has 5 heteroatoms. The molecule has 1 heterocycles. The molecule has 0 fully saturated rings. The lowest BCUT2D eigenvalue weighted by Crippen LogP contribution is -2.42. The number of hydrogen-bond donors (Lipinski definition) is 1. The molecule has 1 aliphatic carbocycles. The van der Waals surface area contributed by atoms with Crippen molar-refractivity contribution in [3.8, 4) is 0 Å². The van der Waals surface area contributed by atoms with Crippen LogP contribution in [0.3, 0.4) is 0 Å². The van der Waals surface area contributed by atoms with Crippen LogP contribution in [0.4, 0.5) is 10.1 Å². The van der Waals surface area contributed by atoms with E-state index in [1.165, 1.54) is 24.3 Å². The zero-order chi connectivity index (χ0) is 19.0. The molecule has 1 aromatic heterocycles. The second-order valence-corrected chi connectivity index (χ2v) is 6.34. The molecule has 1 aliphatic rings. The Kier molecular flexibility index (Phi) is 4.12. The van der Waals surface area contributed by atoms with Crippen molar-refractivity contribution in [1.82, 2.24) is 0 Å². The number of hydrogen-bond acceptors (Lipinski definition) is 3. The summed E-state index contributed by atoms with van der Waals surface area (Å²) in [5, 5.41) is 3.01.